The number of carboxylic acids is 1. The highest BCUT2D eigenvalue weighted by molar-refractivity contribution is 5.79. The summed E-state index contributed by atoms with van der Waals surface area (Å²) in [6.45, 7) is 6.82. The van der Waals surface area contributed by atoms with Crippen molar-refractivity contribution >= 4 is 11.9 Å². The first kappa shape index (κ1) is 18.2. The van der Waals surface area contributed by atoms with Crippen molar-refractivity contribution in [3.8, 4) is 0 Å². The summed E-state index contributed by atoms with van der Waals surface area (Å²) >= 11 is 0. The molecule has 122 valence electrons. The van der Waals surface area contributed by atoms with E-state index >= 15 is 0 Å². The summed E-state index contributed by atoms with van der Waals surface area (Å²) in [6, 6.07) is 4.22. The van der Waals surface area contributed by atoms with Crippen LogP contribution in [0.5, 0.6) is 0 Å². The van der Waals surface area contributed by atoms with Gasteiger partial charge in [0.05, 0.1) is 6.42 Å². The number of hydrogen-bond donors (Lipinski definition) is 2. The van der Waals surface area contributed by atoms with Gasteiger partial charge in [0.15, 0.2) is 0 Å². The van der Waals surface area contributed by atoms with E-state index in [2.05, 4.69) is 24.4 Å². The number of aryl methyl sites for hydroxylation is 3. The van der Waals surface area contributed by atoms with E-state index in [1.807, 2.05) is 13.8 Å². The molecule has 0 atom stereocenters. The third kappa shape index (κ3) is 6.74. The van der Waals surface area contributed by atoms with Gasteiger partial charge in [0, 0.05) is 13.0 Å². The van der Waals surface area contributed by atoms with Gasteiger partial charge < -0.3 is 10.4 Å². The average molecular weight is 305 g/mol. The van der Waals surface area contributed by atoms with Crippen molar-refractivity contribution in [1.29, 1.82) is 0 Å². The minimum absolute atomic E-state index is 0.0561. The summed E-state index contributed by atoms with van der Waals surface area (Å²) in [5.74, 6) is -0.683. The Kier molecular flexibility index (Phi) is 7.64. The number of carboxylic acid groups (broad SMARTS) is 1. The molecule has 22 heavy (non-hydrogen) atoms. The highest BCUT2D eigenvalue weighted by Crippen LogP contribution is 2.16. The van der Waals surface area contributed by atoms with Gasteiger partial charge in [-0.3, -0.25) is 9.59 Å². The molecule has 1 aromatic carbocycles. The fourth-order valence-corrected chi connectivity index (χ4v) is 2.69. The van der Waals surface area contributed by atoms with Crippen LogP contribution in [0.25, 0.3) is 0 Å². The lowest BCUT2D eigenvalue weighted by Gasteiger charge is -2.11. The summed E-state index contributed by atoms with van der Waals surface area (Å²) in [5.41, 5.74) is 4.67. The Labute approximate surface area is 132 Å². The predicted octanol–water partition coefficient (Wildman–Crippen LogP) is 3.31. The molecule has 1 aromatic rings. The van der Waals surface area contributed by atoms with E-state index in [4.69, 9.17) is 5.11 Å². The maximum atomic E-state index is 12.0. The minimum atomic E-state index is -0.739. The molecule has 0 aliphatic carbocycles. The zero-order chi connectivity index (χ0) is 16.5. The van der Waals surface area contributed by atoms with Crippen molar-refractivity contribution in [1.82, 2.24) is 5.32 Å². The highest BCUT2D eigenvalue weighted by atomic mass is 16.4. The molecular formula is C18H27NO3. The van der Waals surface area contributed by atoms with Crippen LogP contribution in [0.4, 0.5) is 0 Å². The van der Waals surface area contributed by atoms with Crippen molar-refractivity contribution in [3.63, 3.8) is 0 Å². The molecule has 0 unspecified atom stereocenters. The second-order valence-corrected chi connectivity index (χ2v) is 5.96. The first-order valence-electron chi connectivity index (χ1n) is 7.95. The number of hydrogen-bond acceptors (Lipinski definition) is 2. The van der Waals surface area contributed by atoms with Crippen molar-refractivity contribution in [3.05, 3.63) is 34.4 Å². The Morgan fingerprint density at radius 2 is 1.59 bits per heavy atom. The third-order valence-corrected chi connectivity index (χ3v) is 3.82. The van der Waals surface area contributed by atoms with Crippen LogP contribution in [0.15, 0.2) is 12.1 Å². The maximum Gasteiger partial charge on any atom is 0.303 e. The SMILES string of the molecule is Cc1cc(C)c(CC(=O)NCCCCCCC(=O)O)c(C)c1. The second kappa shape index (κ2) is 9.23. The van der Waals surface area contributed by atoms with Crippen LogP contribution in [0, 0.1) is 20.8 Å². The van der Waals surface area contributed by atoms with Crippen LogP contribution in [-0.4, -0.2) is 23.5 Å². The molecule has 4 heteroatoms. The van der Waals surface area contributed by atoms with Crippen LogP contribution >= 0.6 is 0 Å². The second-order valence-electron chi connectivity index (χ2n) is 5.96. The molecule has 0 spiro atoms. The number of carbonyl (C=O) groups is 2. The van der Waals surface area contributed by atoms with E-state index in [1.54, 1.807) is 0 Å². The molecule has 0 fully saturated rings. The lowest BCUT2D eigenvalue weighted by atomic mass is 9.97. The van der Waals surface area contributed by atoms with E-state index in [0.717, 1.165) is 24.8 Å². The van der Waals surface area contributed by atoms with Crippen molar-refractivity contribution in [2.24, 2.45) is 0 Å². The summed E-state index contributed by atoms with van der Waals surface area (Å²) in [6.07, 6.45) is 4.13. The van der Waals surface area contributed by atoms with Gasteiger partial charge in [-0.15, -0.1) is 0 Å². The summed E-state index contributed by atoms with van der Waals surface area (Å²) in [7, 11) is 0. The number of unbranched alkanes of at least 4 members (excludes halogenated alkanes) is 3. The number of aliphatic carboxylic acids is 1. The molecule has 0 aliphatic rings. The van der Waals surface area contributed by atoms with Crippen LogP contribution < -0.4 is 5.32 Å². The van der Waals surface area contributed by atoms with Gasteiger partial charge in [-0.05, 0) is 50.3 Å². The lowest BCUT2D eigenvalue weighted by molar-refractivity contribution is -0.137. The highest BCUT2D eigenvalue weighted by Gasteiger charge is 2.09. The molecule has 0 aromatic heterocycles. The summed E-state index contributed by atoms with van der Waals surface area (Å²) < 4.78 is 0. The van der Waals surface area contributed by atoms with Gasteiger partial charge in [-0.25, -0.2) is 0 Å². The molecule has 1 rings (SSSR count). The topological polar surface area (TPSA) is 66.4 Å². The monoisotopic (exact) mass is 305 g/mol. The first-order chi connectivity index (χ1) is 10.4. The molecular weight excluding hydrogens is 278 g/mol. The van der Waals surface area contributed by atoms with Gasteiger partial charge in [0.1, 0.15) is 0 Å². The van der Waals surface area contributed by atoms with E-state index in [0.29, 0.717) is 19.4 Å². The molecule has 0 saturated heterocycles. The molecule has 0 saturated carbocycles. The van der Waals surface area contributed by atoms with Crippen molar-refractivity contribution in [2.45, 2.75) is 59.3 Å². The smallest absolute Gasteiger partial charge is 0.303 e. The fourth-order valence-electron chi connectivity index (χ4n) is 2.69. The molecule has 0 heterocycles. The summed E-state index contributed by atoms with van der Waals surface area (Å²) in [4.78, 5) is 22.4. The number of nitrogens with one attached hydrogen (secondary N) is 1. The van der Waals surface area contributed by atoms with Gasteiger partial charge >= 0.3 is 5.97 Å². The van der Waals surface area contributed by atoms with Crippen LogP contribution in [-0.2, 0) is 16.0 Å². The molecule has 2 N–H and O–H groups in total. The van der Waals surface area contributed by atoms with Crippen LogP contribution in [0.3, 0.4) is 0 Å². The van der Waals surface area contributed by atoms with Crippen LogP contribution in [0.1, 0.15) is 54.4 Å². The third-order valence-electron chi connectivity index (χ3n) is 3.82. The molecule has 1 amide bonds. The van der Waals surface area contributed by atoms with E-state index < -0.39 is 5.97 Å². The summed E-state index contributed by atoms with van der Waals surface area (Å²) in [5, 5.41) is 11.5. The van der Waals surface area contributed by atoms with Gasteiger partial charge in [0.25, 0.3) is 0 Å². The number of carbonyl (C=O) groups excluding carboxylic acids is 1. The average Bonchev–Trinajstić information content (AvgIpc) is 2.41. The predicted molar refractivity (Wildman–Crippen MR) is 88.1 cm³/mol. The molecule has 0 radical (unpaired) electrons. The fraction of sp³-hybridized carbons (Fsp3) is 0.556. The lowest BCUT2D eigenvalue weighted by Crippen LogP contribution is -2.26. The van der Waals surface area contributed by atoms with Crippen LogP contribution in [0.2, 0.25) is 0 Å². The first-order valence-corrected chi connectivity index (χ1v) is 7.95. The Morgan fingerprint density at radius 1 is 1.00 bits per heavy atom. The van der Waals surface area contributed by atoms with E-state index in [9.17, 15) is 9.59 Å². The minimum Gasteiger partial charge on any atom is -0.481 e. The van der Waals surface area contributed by atoms with Gasteiger partial charge in [-0.2, -0.15) is 0 Å². The largest absolute Gasteiger partial charge is 0.481 e. The Bertz CT molecular complexity index is 500. The standard InChI is InChI=1S/C18H27NO3/c1-13-10-14(2)16(15(3)11-13)12-17(20)19-9-7-5-4-6-8-18(21)22/h10-11H,4-9,12H2,1-3H3,(H,19,20)(H,21,22). The van der Waals surface area contributed by atoms with E-state index in [1.165, 1.54) is 16.7 Å². The zero-order valence-electron chi connectivity index (χ0n) is 13.9. The quantitative estimate of drug-likeness (QED) is 0.688. The van der Waals surface area contributed by atoms with E-state index in [-0.39, 0.29) is 12.3 Å². The number of benzene rings is 1. The molecule has 4 nitrogen and oxygen atoms in total. The Morgan fingerprint density at radius 3 is 2.18 bits per heavy atom. The van der Waals surface area contributed by atoms with Gasteiger partial charge in [0.2, 0.25) is 5.91 Å². The molecule has 0 aliphatic heterocycles. The number of amides is 1. The van der Waals surface area contributed by atoms with Crippen molar-refractivity contribution in [2.75, 3.05) is 6.54 Å². The van der Waals surface area contributed by atoms with Gasteiger partial charge in [-0.1, -0.05) is 30.5 Å². The Hall–Kier alpha value is -1.84. The maximum absolute atomic E-state index is 12.0. The Balaban J connectivity index is 2.26. The van der Waals surface area contributed by atoms with Crippen molar-refractivity contribution < 1.29 is 14.7 Å². The number of rotatable bonds is 9. The molecule has 0 bridgehead atoms. The zero-order valence-corrected chi connectivity index (χ0v) is 13.9. The normalized spacial score (nSPS) is 10.5.